The summed E-state index contributed by atoms with van der Waals surface area (Å²) in [5, 5.41) is 0.808. The molecule has 0 radical (unpaired) electrons. The van der Waals surface area contributed by atoms with Crippen molar-refractivity contribution in [2.45, 2.75) is 13.3 Å². The number of aryl methyl sites for hydroxylation is 1. The SMILES string of the molecule is CCc1cc(=O)oc2cc(OC(=O)/C=C/c3ccc(C(=O)OC)cc3)ccc12. The zero-order valence-corrected chi connectivity index (χ0v) is 15.4. The van der Waals surface area contributed by atoms with Gasteiger partial charge in [-0.25, -0.2) is 14.4 Å². The van der Waals surface area contributed by atoms with Crippen LogP contribution in [-0.2, 0) is 16.0 Å². The number of hydrogen-bond acceptors (Lipinski definition) is 6. The van der Waals surface area contributed by atoms with Crippen LogP contribution >= 0.6 is 0 Å². The topological polar surface area (TPSA) is 82.8 Å². The van der Waals surface area contributed by atoms with Gasteiger partial charge in [0.25, 0.3) is 0 Å². The Morgan fingerprint density at radius 3 is 2.50 bits per heavy atom. The van der Waals surface area contributed by atoms with Crippen LogP contribution < -0.4 is 10.4 Å². The molecule has 0 aliphatic carbocycles. The van der Waals surface area contributed by atoms with Gasteiger partial charge in [0.2, 0.25) is 0 Å². The summed E-state index contributed by atoms with van der Waals surface area (Å²) in [6.45, 7) is 1.95. The van der Waals surface area contributed by atoms with Crippen molar-refractivity contribution in [2.75, 3.05) is 7.11 Å². The first-order valence-corrected chi connectivity index (χ1v) is 8.65. The fourth-order valence-electron chi connectivity index (χ4n) is 2.73. The zero-order valence-electron chi connectivity index (χ0n) is 15.4. The maximum Gasteiger partial charge on any atom is 0.337 e. The molecule has 0 aliphatic heterocycles. The Morgan fingerprint density at radius 1 is 1.07 bits per heavy atom. The Hall–Kier alpha value is -3.67. The highest BCUT2D eigenvalue weighted by atomic mass is 16.5. The van der Waals surface area contributed by atoms with Gasteiger partial charge in [-0.15, -0.1) is 0 Å². The van der Waals surface area contributed by atoms with E-state index in [4.69, 9.17) is 9.15 Å². The molecule has 0 saturated heterocycles. The number of carbonyl (C=O) groups excluding carboxylic acids is 2. The van der Waals surface area contributed by atoms with E-state index in [1.54, 1.807) is 42.5 Å². The van der Waals surface area contributed by atoms with E-state index in [1.165, 1.54) is 25.3 Å². The predicted octanol–water partition coefficient (Wildman–Crippen LogP) is 3.76. The quantitative estimate of drug-likeness (QED) is 0.291. The minimum Gasteiger partial charge on any atom is -0.465 e. The fraction of sp³-hybridized carbons (Fsp3) is 0.136. The van der Waals surface area contributed by atoms with E-state index < -0.39 is 17.6 Å². The summed E-state index contributed by atoms with van der Waals surface area (Å²) >= 11 is 0. The van der Waals surface area contributed by atoms with E-state index in [-0.39, 0.29) is 5.75 Å². The van der Waals surface area contributed by atoms with Gasteiger partial charge in [-0.05, 0) is 47.9 Å². The van der Waals surface area contributed by atoms with Gasteiger partial charge in [0.1, 0.15) is 11.3 Å². The molecule has 142 valence electrons. The molecular formula is C22H18O6. The molecule has 0 unspecified atom stereocenters. The molecule has 1 heterocycles. The van der Waals surface area contributed by atoms with Crippen molar-refractivity contribution in [2.24, 2.45) is 0 Å². The van der Waals surface area contributed by atoms with Crippen molar-refractivity contribution < 1.29 is 23.5 Å². The van der Waals surface area contributed by atoms with E-state index in [2.05, 4.69) is 4.74 Å². The fourth-order valence-corrected chi connectivity index (χ4v) is 2.73. The van der Waals surface area contributed by atoms with E-state index in [0.717, 1.165) is 16.5 Å². The number of methoxy groups -OCH3 is 1. The molecule has 0 amide bonds. The summed E-state index contributed by atoms with van der Waals surface area (Å²) in [5.74, 6) is -0.728. The summed E-state index contributed by atoms with van der Waals surface area (Å²) in [6, 6.07) is 13.0. The van der Waals surface area contributed by atoms with Crippen LogP contribution in [0, 0.1) is 0 Å². The number of benzene rings is 2. The molecule has 28 heavy (non-hydrogen) atoms. The third-order valence-corrected chi connectivity index (χ3v) is 4.14. The summed E-state index contributed by atoms with van der Waals surface area (Å²) in [4.78, 5) is 35.1. The monoisotopic (exact) mass is 378 g/mol. The highest BCUT2D eigenvalue weighted by Crippen LogP contribution is 2.23. The van der Waals surface area contributed by atoms with Crippen molar-refractivity contribution in [3.05, 3.63) is 81.7 Å². The molecule has 1 aromatic heterocycles. The molecule has 3 rings (SSSR count). The van der Waals surface area contributed by atoms with Crippen molar-refractivity contribution in [3.63, 3.8) is 0 Å². The van der Waals surface area contributed by atoms with Crippen molar-refractivity contribution in [1.29, 1.82) is 0 Å². The van der Waals surface area contributed by atoms with Crippen LogP contribution in [0.1, 0.15) is 28.4 Å². The summed E-state index contributed by atoms with van der Waals surface area (Å²) in [6.07, 6.45) is 3.54. The zero-order chi connectivity index (χ0) is 20.1. The standard InChI is InChI=1S/C22H18O6/c1-3-15-12-21(24)28-19-13-17(9-10-18(15)19)27-20(23)11-6-14-4-7-16(8-5-14)22(25)26-2/h4-13H,3H2,1-2H3/b11-6+. The van der Waals surface area contributed by atoms with Gasteiger partial charge in [-0.3, -0.25) is 0 Å². The summed E-state index contributed by atoms with van der Waals surface area (Å²) in [5.41, 5.74) is 1.95. The molecule has 2 aromatic carbocycles. The highest BCUT2D eigenvalue weighted by Gasteiger charge is 2.08. The lowest BCUT2D eigenvalue weighted by Crippen LogP contribution is -2.04. The van der Waals surface area contributed by atoms with Gasteiger partial charge in [-0.1, -0.05) is 19.1 Å². The van der Waals surface area contributed by atoms with Crippen LogP contribution in [0.4, 0.5) is 0 Å². The molecule has 3 aromatic rings. The Balaban J connectivity index is 1.73. The predicted molar refractivity (Wildman–Crippen MR) is 104 cm³/mol. The molecule has 0 aliphatic rings. The van der Waals surface area contributed by atoms with E-state index in [9.17, 15) is 14.4 Å². The van der Waals surface area contributed by atoms with E-state index in [1.807, 2.05) is 6.92 Å². The molecule has 0 atom stereocenters. The molecular weight excluding hydrogens is 360 g/mol. The van der Waals surface area contributed by atoms with Crippen LogP contribution in [0.5, 0.6) is 5.75 Å². The molecule has 0 bridgehead atoms. The number of carbonyl (C=O) groups is 2. The van der Waals surface area contributed by atoms with Gasteiger partial charge in [0.15, 0.2) is 0 Å². The average Bonchev–Trinajstić information content (AvgIpc) is 2.71. The third-order valence-electron chi connectivity index (χ3n) is 4.14. The van der Waals surface area contributed by atoms with Crippen molar-refractivity contribution in [3.8, 4) is 5.75 Å². The lowest BCUT2D eigenvalue weighted by molar-refractivity contribution is -0.128. The first-order chi connectivity index (χ1) is 13.5. The molecule has 0 N–H and O–H groups in total. The molecule has 0 fully saturated rings. The first kappa shape index (κ1) is 19.1. The van der Waals surface area contributed by atoms with Gasteiger partial charge in [-0.2, -0.15) is 0 Å². The number of esters is 2. The van der Waals surface area contributed by atoms with Crippen LogP contribution in [0.3, 0.4) is 0 Å². The van der Waals surface area contributed by atoms with Crippen LogP contribution in [-0.4, -0.2) is 19.0 Å². The average molecular weight is 378 g/mol. The number of fused-ring (bicyclic) bond motifs is 1. The minimum atomic E-state index is -0.578. The molecule has 6 heteroatoms. The van der Waals surface area contributed by atoms with Gasteiger partial charge in [0, 0.05) is 23.6 Å². The Bertz CT molecular complexity index is 1110. The second-order valence-corrected chi connectivity index (χ2v) is 5.97. The van der Waals surface area contributed by atoms with Crippen molar-refractivity contribution in [1.82, 2.24) is 0 Å². The Morgan fingerprint density at radius 2 is 1.82 bits per heavy atom. The Kier molecular flexibility index (Phi) is 5.69. The van der Waals surface area contributed by atoms with Crippen LogP contribution in [0.25, 0.3) is 17.0 Å². The number of hydrogen-bond donors (Lipinski definition) is 0. The minimum absolute atomic E-state index is 0.277. The van der Waals surface area contributed by atoms with E-state index in [0.29, 0.717) is 17.6 Å². The lowest BCUT2D eigenvalue weighted by atomic mass is 10.1. The maximum atomic E-state index is 12.1. The Labute approximate surface area is 161 Å². The van der Waals surface area contributed by atoms with Gasteiger partial charge in [0.05, 0.1) is 12.7 Å². The normalized spacial score (nSPS) is 10.9. The molecule has 0 saturated carbocycles. The second kappa shape index (κ2) is 8.35. The van der Waals surface area contributed by atoms with Gasteiger partial charge >= 0.3 is 17.6 Å². The number of ether oxygens (including phenoxy) is 2. The molecule has 6 nitrogen and oxygen atoms in total. The number of rotatable bonds is 5. The second-order valence-electron chi connectivity index (χ2n) is 5.97. The smallest absolute Gasteiger partial charge is 0.337 e. The first-order valence-electron chi connectivity index (χ1n) is 8.65. The molecule has 0 spiro atoms. The summed E-state index contributed by atoms with van der Waals surface area (Å²) < 4.78 is 15.1. The van der Waals surface area contributed by atoms with Crippen LogP contribution in [0.2, 0.25) is 0 Å². The lowest BCUT2D eigenvalue weighted by Gasteiger charge is -2.05. The van der Waals surface area contributed by atoms with Crippen molar-refractivity contribution >= 4 is 29.0 Å². The largest absolute Gasteiger partial charge is 0.465 e. The summed E-state index contributed by atoms with van der Waals surface area (Å²) in [7, 11) is 1.31. The van der Waals surface area contributed by atoms with Crippen LogP contribution in [0.15, 0.2) is 63.8 Å². The maximum absolute atomic E-state index is 12.1. The highest BCUT2D eigenvalue weighted by molar-refractivity contribution is 5.91. The van der Waals surface area contributed by atoms with Gasteiger partial charge < -0.3 is 13.9 Å². The third kappa shape index (κ3) is 4.35. The van der Waals surface area contributed by atoms with E-state index >= 15 is 0 Å².